The van der Waals surface area contributed by atoms with Gasteiger partial charge in [0.15, 0.2) is 11.6 Å². The molecule has 1 fully saturated rings. The van der Waals surface area contributed by atoms with E-state index in [9.17, 15) is 23.7 Å². The van der Waals surface area contributed by atoms with Crippen LogP contribution in [0.1, 0.15) is 12.8 Å². The number of hydrogen-bond donors (Lipinski definition) is 0. The molecule has 1 saturated heterocycles. The van der Waals surface area contributed by atoms with Crippen LogP contribution in [0.4, 0.5) is 20.2 Å². The highest BCUT2D eigenvalue weighted by atomic mass is 19.1. The van der Waals surface area contributed by atoms with Gasteiger partial charge >= 0.3 is 5.97 Å². The van der Waals surface area contributed by atoms with Crippen molar-refractivity contribution >= 4 is 17.3 Å². The fourth-order valence-electron chi connectivity index (χ4n) is 2.56. The number of allylic oxidation sites excluding steroid dienone is 1. The molecule has 1 aromatic carbocycles. The number of esters is 1. The van der Waals surface area contributed by atoms with Crippen LogP contribution in [-0.2, 0) is 9.53 Å². The van der Waals surface area contributed by atoms with E-state index in [1.165, 1.54) is 18.1 Å². The lowest BCUT2D eigenvalue weighted by Crippen LogP contribution is -2.34. The van der Waals surface area contributed by atoms with Gasteiger partial charge in [0, 0.05) is 19.2 Å². The molecule has 0 aliphatic carbocycles. The smallest absolute Gasteiger partial charge is 0.330 e. The van der Waals surface area contributed by atoms with Crippen LogP contribution in [-0.4, -0.2) is 31.1 Å². The van der Waals surface area contributed by atoms with E-state index >= 15 is 0 Å². The van der Waals surface area contributed by atoms with Crippen LogP contribution in [0.3, 0.4) is 0 Å². The lowest BCUT2D eigenvalue weighted by atomic mass is 9.96. The van der Waals surface area contributed by atoms with Crippen molar-refractivity contribution in [2.45, 2.75) is 12.8 Å². The topological polar surface area (TPSA) is 72.7 Å². The molecule has 0 radical (unpaired) electrons. The highest BCUT2D eigenvalue weighted by Gasteiger charge is 2.25. The first-order valence-electron chi connectivity index (χ1n) is 7.07. The number of ether oxygens (including phenoxy) is 1. The number of piperidine rings is 1. The molecule has 0 amide bonds. The summed E-state index contributed by atoms with van der Waals surface area (Å²) in [6.07, 6.45) is 4.30. The minimum absolute atomic E-state index is 0.120. The summed E-state index contributed by atoms with van der Waals surface area (Å²) in [4.78, 5) is 22.3. The molecule has 0 atom stereocenters. The number of hydrogen-bond acceptors (Lipinski definition) is 5. The van der Waals surface area contributed by atoms with E-state index in [4.69, 9.17) is 0 Å². The zero-order valence-corrected chi connectivity index (χ0v) is 12.5. The predicted octanol–water partition coefficient (Wildman–Crippen LogP) is 2.82. The van der Waals surface area contributed by atoms with Gasteiger partial charge in [0.2, 0.25) is 0 Å². The second-order valence-electron chi connectivity index (χ2n) is 5.22. The van der Waals surface area contributed by atoms with E-state index in [0.29, 0.717) is 25.9 Å². The highest BCUT2D eigenvalue weighted by molar-refractivity contribution is 5.81. The number of carbonyl (C=O) groups is 1. The molecule has 23 heavy (non-hydrogen) atoms. The molecule has 0 bridgehead atoms. The summed E-state index contributed by atoms with van der Waals surface area (Å²) in [5.74, 6) is -2.21. The number of methoxy groups -OCH3 is 1. The van der Waals surface area contributed by atoms with Gasteiger partial charge in [0.05, 0.1) is 24.2 Å². The van der Waals surface area contributed by atoms with E-state index in [-0.39, 0.29) is 11.6 Å². The Morgan fingerprint density at radius 1 is 1.35 bits per heavy atom. The second-order valence-corrected chi connectivity index (χ2v) is 5.22. The molecule has 0 unspecified atom stereocenters. The Balaban J connectivity index is 2.07. The number of anilines is 1. The maximum absolute atomic E-state index is 14.0. The largest absolute Gasteiger partial charge is 0.466 e. The Labute approximate surface area is 131 Å². The summed E-state index contributed by atoms with van der Waals surface area (Å²) in [7, 11) is 1.29. The van der Waals surface area contributed by atoms with Crippen molar-refractivity contribution in [1.29, 1.82) is 0 Å². The number of nitrogens with zero attached hydrogens (tertiary/aromatic N) is 2. The molecule has 0 saturated carbocycles. The summed E-state index contributed by atoms with van der Waals surface area (Å²) >= 11 is 0. The number of nitro benzene ring substituents is 1. The standard InChI is InChI=1S/C15H16F2N2O4/c1-23-14(20)3-2-10-4-6-18(7-5-10)15-12(16)8-11(19(21)22)9-13(15)17/h2-3,8-10H,4-7H2,1H3/b3-2+. The maximum atomic E-state index is 14.0. The lowest BCUT2D eigenvalue weighted by Gasteiger charge is -2.32. The van der Waals surface area contributed by atoms with Gasteiger partial charge in [0.25, 0.3) is 5.69 Å². The molecular formula is C15H16F2N2O4. The number of benzene rings is 1. The van der Waals surface area contributed by atoms with Gasteiger partial charge in [-0.3, -0.25) is 10.1 Å². The van der Waals surface area contributed by atoms with Crippen LogP contribution in [0.15, 0.2) is 24.3 Å². The van der Waals surface area contributed by atoms with Gasteiger partial charge in [-0.1, -0.05) is 6.08 Å². The number of rotatable bonds is 4. The van der Waals surface area contributed by atoms with Crippen LogP contribution in [0.2, 0.25) is 0 Å². The van der Waals surface area contributed by atoms with E-state index in [2.05, 4.69) is 4.74 Å². The summed E-state index contributed by atoms with van der Waals surface area (Å²) in [6, 6.07) is 1.45. The van der Waals surface area contributed by atoms with Crippen LogP contribution < -0.4 is 4.90 Å². The van der Waals surface area contributed by atoms with Crippen molar-refractivity contribution in [3.63, 3.8) is 0 Å². The predicted molar refractivity (Wildman–Crippen MR) is 79.1 cm³/mol. The fourth-order valence-corrected chi connectivity index (χ4v) is 2.56. The monoisotopic (exact) mass is 326 g/mol. The number of halogens is 2. The highest BCUT2D eigenvalue weighted by Crippen LogP contribution is 2.31. The fraction of sp³-hybridized carbons (Fsp3) is 0.400. The zero-order chi connectivity index (χ0) is 17.0. The molecule has 2 rings (SSSR count). The molecular weight excluding hydrogens is 310 g/mol. The Kier molecular flexibility index (Phi) is 5.25. The van der Waals surface area contributed by atoms with Crippen LogP contribution in [0.25, 0.3) is 0 Å². The molecule has 1 aliphatic heterocycles. The SMILES string of the molecule is COC(=O)/C=C/C1CCN(c2c(F)cc([N+](=O)[O-])cc2F)CC1. The van der Waals surface area contributed by atoms with Gasteiger partial charge in [-0.15, -0.1) is 0 Å². The Morgan fingerprint density at radius 3 is 2.39 bits per heavy atom. The van der Waals surface area contributed by atoms with Gasteiger partial charge < -0.3 is 9.64 Å². The number of carbonyl (C=O) groups excluding carboxylic acids is 1. The summed E-state index contributed by atoms with van der Waals surface area (Å²) in [6.45, 7) is 0.781. The van der Waals surface area contributed by atoms with Crippen molar-refractivity contribution in [3.8, 4) is 0 Å². The third kappa shape index (κ3) is 4.02. The second kappa shape index (κ2) is 7.17. The molecule has 8 heteroatoms. The van der Waals surface area contributed by atoms with Gasteiger partial charge in [-0.25, -0.2) is 13.6 Å². The average Bonchev–Trinajstić information content (AvgIpc) is 2.52. The molecule has 0 aromatic heterocycles. The molecule has 1 heterocycles. The van der Waals surface area contributed by atoms with Gasteiger partial charge in [0.1, 0.15) is 5.69 Å². The van der Waals surface area contributed by atoms with E-state index in [1.54, 1.807) is 6.08 Å². The van der Waals surface area contributed by atoms with Gasteiger partial charge in [-0.05, 0) is 18.8 Å². The summed E-state index contributed by atoms with van der Waals surface area (Å²) < 4.78 is 32.5. The molecule has 0 spiro atoms. The Morgan fingerprint density at radius 2 is 1.91 bits per heavy atom. The first-order chi connectivity index (χ1) is 10.9. The average molecular weight is 326 g/mol. The van der Waals surface area contributed by atoms with Crippen molar-refractivity contribution in [2.75, 3.05) is 25.1 Å². The molecule has 124 valence electrons. The molecule has 0 N–H and O–H groups in total. The van der Waals surface area contributed by atoms with Crippen LogP contribution in [0, 0.1) is 27.7 Å². The minimum Gasteiger partial charge on any atom is -0.466 e. The number of non-ortho nitro benzene ring substituents is 1. The minimum atomic E-state index is -0.944. The van der Waals surface area contributed by atoms with E-state index in [0.717, 1.165) is 12.1 Å². The first-order valence-corrected chi connectivity index (χ1v) is 7.07. The number of nitro groups is 1. The summed E-state index contributed by atoms with van der Waals surface area (Å²) in [5.41, 5.74) is -0.856. The lowest BCUT2D eigenvalue weighted by molar-refractivity contribution is -0.385. The van der Waals surface area contributed by atoms with E-state index < -0.39 is 28.2 Å². The summed E-state index contributed by atoms with van der Waals surface area (Å²) in [5, 5.41) is 10.6. The Hall–Kier alpha value is -2.51. The van der Waals surface area contributed by atoms with Crippen molar-refractivity contribution in [1.82, 2.24) is 0 Å². The maximum Gasteiger partial charge on any atom is 0.330 e. The molecule has 1 aliphatic rings. The third-order valence-corrected chi connectivity index (χ3v) is 3.77. The quantitative estimate of drug-likeness (QED) is 0.368. The van der Waals surface area contributed by atoms with Crippen LogP contribution >= 0.6 is 0 Å². The normalized spacial score (nSPS) is 15.9. The van der Waals surface area contributed by atoms with E-state index in [1.807, 2.05) is 0 Å². The van der Waals surface area contributed by atoms with Crippen LogP contribution in [0.5, 0.6) is 0 Å². The molecule has 1 aromatic rings. The van der Waals surface area contributed by atoms with Crippen molar-refractivity contribution in [3.05, 3.63) is 46.0 Å². The third-order valence-electron chi connectivity index (χ3n) is 3.77. The van der Waals surface area contributed by atoms with Gasteiger partial charge in [-0.2, -0.15) is 0 Å². The molecule has 6 nitrogen and oxygen atoms in total. The van der Waals surface area contributed by atoms with Crippen molar-refractivity contribution in [2.24, 2.45) is 5.92 Å². The zero-order valence-electron chi connectivity index (χ0n) is 12.5. The van der Waals surface area contributed by atoms with Crippen molar-refractivity contribution < 1.29 is 23.2 Å². The Bertz CT molecular complexity index is 617. The first kappa shape index (κ1) is 16.9.